The highest BCUT2D eigenvalue weighted by atomic mass is 32.1. The molecule has 11 heteroatoms. The molecule has 0 spiro atoms. The van der Waals surface area contributed by atoms with E-state index in [4.69, 9.17) is 0 Å². The summed E-state index contributed by atoms with van der Waals surface area (Å²) in [6, 6.07) is 3.52. The Hall–Kier alpha value is -2.89. The number of carbonyl (C=O) groups is 1. The minimum absolute atomic E-state index is 0.159. The monoisotopic (exact) mass is 485 g/mol. The molecule has 2 fully saturated rings. The molecular weight excluding hydrogens is 457 g/mol. The summed E-state index contributed by atoms with van der Waals surface area (Å²) < 4.78 is 15.1. The summed E-state index contributed by atoms with van der Waals surface area (Å²) in [7, 11) is 0. The molecule has 1 aromatic carbocycles. The van der Waals surface area contributed by atoms with E-state index in [2.05, 4.69) is 30.2 Å². The largest absolute Gasteiger partial charge is 0.346 e. The fourth-order valence-electron chi connectivity index (χ4n) is 4.45. The second-order valence-electron chi connectivity index (χ2n) is 8.71. The fourth-order valence-corrected chi connectivity index (χ4v) is 5.31. The van der Waals surface area contributed by atoms with E-state index in [9.17, 15) is 9.59 Å². The fraction of sp³-hybridized carbons (Fsp3) is 0.478. The lowest BCUT2D eigenvalue weighted by molar-refractivity contribution is 0.0821. The lowest BCUT2D eigenvalue weighted by atomic mass is 10.1. The van der Waals surface area contributed by atoms with Crippen molar-refractivity contribution in [2.75, 3.05) is 44.2 Å². The Morgan fingerprint density at radius 1 is 1.15 bits per heavy atom. The number of nitrogens with one attached hydrogen (secondary N) is 2. The van der Waals surface area contributed by atoms with Gasteiger partial charge < -0.3 is 9.88 Å². The van der Waals surface area contributed by atoms with Gasteiger partial charge >= 0.3 is 0 Å². The van der Waals surface area contributed by atoms with Crippen LogP contribution in [-0.2, 0) is 13.0 Å². The van der Waals surface area contributed by atoms with Crippen LogP contribution in [0.15, 0.2) is 22.3 Å². The molecule has 34 heavy (non-hydrogen) atoms. The van der Waals surface area contributed by atoms with Crippen LogP contribution in [0.1, 0.15) is 41.5 Å². The van der Waals surface area contributed by atoms with Gasteiger partial charge in [-0.3, -0.25) is 19.9 Å². The average molecular weight is 486 g/mol. The number of carbonyl (C=O) groups excluding carboxylic acids is 1. The van der Waals surface area contributed by atoms with E-state index in [1.807, 2.05) is 11.9 Å². The Balaban J connectivity index is 1.20. The minimum atomic E-state index is -0.416. The Labute approximate surface area is 200 Å². The topological polar surface area (TPSA) is 97.5 Å². The Morgan fingerprint density at radius 2 is 1.91 bits per heavy atom. The maximum Gasteiger partial charge on any atom is 0.285 e. The molecule has 0 radical (unpaired) electrons. The number of anilines is 1. The number of aromatic nitrogens is 3. The predicted molar refractivity (Wildman–Crippen MR) is 130 cm³/mol. The van der Waals surface area contributed by atoms with Crippen molar-refractivity contribution in [1.29, 1.82) is 0 Å². The Kier molecular flexibility index (Phi) is 6.57. The summed E-state index contributed by atoms with van der Waals surface area (Å²) in [6.45, 7) is 7.05. The number of fused-ring (bicyclic) bond motifs is 1. The number of thiazole rings is 1. The number of hydrogen-bond donors (Lipinski definition) is 2. The van der Waals surface area contributed by atoms with Crippen LogP contribution in [0.3, 0.4) is 0 Å². The first-order chi connectivity index (χ1) is 16.5. The Morgan fingerprint density at radius 3 is 2.65 bits per heavy atom. The van der Waals surface area contributed by atoms with Gasteiger partial charge in [0.05, 0.1) is 5.52 Å². The zero-order valence-electron chi connectivity index (χ0n) is 19.1. The lowest BCUT2D eigenvalue weighted by Gasteiger charge is -2.34. The highest BCUT2D eigenvalue weighted by Gasteiger charge is 2.23. The maximum atomic E-state index is 15.1. The molecular formula is C23H28FN7O2S. The van der Waals surface area contributed by atoms with Crippen LogP contribution in [0.5, 0.6) is 0 Å². The molecule has 0 bridgehead atoms. The molecule has 0 aliphatic carbocycles. The van der Waals surface area contributed by atoms with E-state index >= 15 is 4.39 Å². The summed E-state index contributed by atoms with van der Waals surface area (Å²) in [5.74, 6) is -0.575. The summed E-state index contributed by atoms with van der Waals surface area (Å²) >= 11 is 1.47. The van der Waals surface area contributed by atoms with Crippen LogP contribution >= 0.6 is 11.3 Å². The van der Waals surface area contributed by atoms with Crippen molar-refractivity contribution in [3.05, 3.63) is 50.6 Å². The molecule has 2 aromatic heterocycles. The van der Waals surface area contributed by atoms with Crippen molar-refractivity contribution in [1.82, 2.24) is 30.3 Å². The van der Waals surface area contributed by atoms with Gasteiger partial charge in [0.2, 0.25) is 0 Å². The zero-order chi connectivity index (χ0) is 23.7. The number of piperazine rings is 1. The molecule has 5 rings (SSSR count). The normalized spacial score (nSPS) is 17.5. The van der Waals surface area contributed by atoms with Crippen LogP contribution in [0.25, 0.3) is 11.0 Å². The molecule has 180 valence electrons. The quantitative estimate of drug-likeness (QED) is 0.552. The smallest absolute Gasteiger partial charge is 0.285 e. The van der Waals surface area contributed by atoms with Crippen LogP contribution in [0.4, 0.5) is 9.52 Å². The second kappa shape index (κ2) is 9.77. The second-order valence-corrected chi connectivity index (χ2v) is 9.55. The average Bonchev–Trinajstić information content (AvgIpc) is 3.54. The summed E-state index contributed by atoms with van der Waals surface area (Å²) in [4.78, 5) is 40.4. The number of benzene rings is 1. The number of halogens is 1. The van der Waals surface area contributed by atoms with Gasteiger partial charge in [0.15, 0.2) is 10.9 Å². The summed E-state index contributed by atoms with van der Waals surface area (Å²) in [6.07, 6.45) is 2.71. The van der Waals surface area contributed by atoms with E-state index in [1.165, 1.54) is 11.3 Å². The van der Waals surface area contributed by atoms with Gasteiger partial charge in [-0.05, 0) is 25.3 Å². The predicted octanol–water partition coefficient (Wildman–Crippen LogP) is 2.14. The Bertz CT molecular complexity index is 1250. The number of rotatable bonds is 6. The van der Waals surface area contributed by atoms with Crippen molar-refractivity contribution in [3.8, 4) is 0 Å². The third kappa shape index (κ3) is 4.68. The molecule has 9 nitrogen and oxygen atoms in total. The molecule has 0 saturated carbocycles. The molecule has 2 saturated heterocycles. The molecule has 0 unspecified atom stereocenters. The van der Waals surface area contributed by atoms with Gasteiger partial charge in [-0.2, -0.15) is 0 Å². The van der Waals surface area contributed by atoms with E-state index in [0.717, 1.165) is 57.2 Å². The van der Waals surface area contributed by atoms with Gasteiger partial charge in [-0.15, -0.1) is 11.3 Å². The molecule has 2 N–H and O–H groups in total. The first kappa shape index (κ1) is 22.9. The number of H-pyrrole nitrogens is 1. The maximum absolute atomic E-state index is 15.1. The van der Waals surface area contributed by atoms with Gasteiger partial charge in [0, 0.05) is 56.8 Å². The van der Waals surface area contributed by atoms with Crippen LogP contribution in [-0.4, -0.2) is 70.0 Å². The number of hydrogen-bond acceptors (Lipinski definition) is 8. The van der Waals surface area contributed by atoms with Gasteiger partial charge in [0.25, 0.3) is 11.5 Å². The number of amides is 1. The molecule has 4 heterocycles. The van der Waals surface area contributed by atoms with Crippen molar-refractivity contribution < 1.29 is 9.18 Å². The van der Waals surface area contributed by atoms with Gasteiger partial charge in [-0.1, -0.05) is 13.0 Å². The van der Waals surface area contributed by atoms with Crippen molar-refractivity contribution >= 4 is 33.4 Å². The van der Waals surface area contributed by atoms with E-state index in [0.29, 0.717) is 35.4 Å². The summed E-state index contributed by atoms with van der Waals surface area (Å²) in [5.41, 5.74) is 4.62. The summed E-state index contributed by atoms with van der Waals surface area (Å²) in [5, 5.41) is 4.58. The minimum Gasteiger partial charge on any atom is -0.346 e. The third-order valence-corrected chi connectivity index (χ3v) is 7.32. The van der Waals surface area contributed by atoms with E-state index in [-0.39, 0.29) is 17.0 Å². The number of aromatic amines is 1. The van der Waals surface area contributed by atoms with Gasteiger partial charge in [0.1, 0.15) is 16.9 Å². The molecule has 2 aliphatic heterocycles. The molecule has 3 aromatic rings. The van der Waals surface area contributed by atoms with Crippen LogP contribution in [0.2, 0.25) is 0 Å². The van der Waals surface area contributed by atoms with Crippen molar-refractivity contribution in [3.63, 3.8) is 0 Å². The van der Waals surface area contributed by atoms with E-state index in [1.54, 1.807) is 17.5 Å². The number of nitrogens with zero attached hydrogens (tertiary/aromatic N) is 5. The molecule has 1 amide bonds. The third-order valence-electron chi connectivity index (χ3n) is 6.42. The van der Waals surface area contributed by atoms with Crippen LogP contribution in [0, 0.1) is 5.82 Å². The zero-order valence-corrected chi connectivity index (χ0v) is 20.0. The highest BCUT2D eigenvalue weighted by molar-refractivity contribution is 7.13. The number of hydrazine groups is 1. The van der Waals surface area contributed by atoms with Crippen LogP contribution < -0.4 is 15.9 Å². The lowest BCUT2D eigenvalue weighted by Crippen LogP contribution is -2.46. The SMILES string of the molecule is CCc1nc2ccc(CN3CCN(c4nc(C(=O)NN5CCCC5)cs4)CC3)c(F)c2[nH]c1=O. The highest BCUT2D eigenvalue weighted by Crippen LogP contribution is 2.24. The van der Waals surface area contributed by atoms with Crippen molar-refractivity contribution in [2.24, 2.45) is 0 Å². The standard InChI is InChI=1S/C23H28FN7O2S/c1-2-16-21(32)27-20-17(25-16)6-5-15(19(20)24)13-29-9-11-30(12-10-29)23-26-18(14-34-23)22(33)28-31-7-3-4-8-31/h5-6,14H,2-4,7-13H2,1H3,(H,27,32)(H,28,33). The first-order valence-electron chi connectivity index (χ1n) is 11.7. The van der Waals surface area contributed by atoms with Crippen molar-refractivity contribution in [2.45, 2.75) is 32.7 Å². The van der Waals surface area contributed by atoms with Gasteiger partial charge in [-0.25, -0.2) is 19.4 Å². The first-order valence-corrected chi connectivity index (χ1v) is 12.6. The molecule has 2 aliphatic rings. The molecule has 0 atom stereocenters. The van der Waals surface area contributed by atoms with E-state index < -0.39 is 5.82 Å². The number of aryl methyl sites for hydroxylation is 1.